The van der Waals surface area contributed by atoms with Gasteiger partial charge in [-0.3, -0.25) is 14.2 Å². The molecular weight excluding hydrogens is 902 g/mol. The number of benzene rings is 4. The molecule has 0 spiro atoms. The third-order valence-corrected chi connectivity index (χ3v) is 9.97. The summed E-state index contributed by atoms with van der Waals surface area (Å²) in [5.74, 6) is 1.28. The van der Waals surface area contributed by atoms with Gasteiger partial charge in [0.1, 0.15) is 0 Å². The average Bonchev–Trinajstić information content (AvgIpc) is 4.05. The molecule has 0 aliphatic rings. The molecule has 70 heavy (non-hydrogen) atoms. The molecule has 15 heteroatoms. The minimum absolute atomic E-state index is 0.0573. The number of aromatic nitrogens is 4. The molecule has 2 heterocycles. The van der Waals surface area contributed by atoms with Crippen LogP contribution in [-0.4, -0.2) is 58.2 Å². The lowest BCUT2D eigenvalue weighted by atomic mass is 10.1. The lowest BCUT2D eigenvalue weighted by molar-refractivity contribution is -0.137. The Morgan fingerprint density at radius 3 is 1.64 bits per heavy atom. The summed E-state index contributed by atoms with van der Waals surface area (Å²) >= 11 is 0. The van der Waals surface area contributed by atoms with Crippen molar-refractivity contribution in [1.82, 2.24) is 25.3 Å². The lowest BCUT2D eigenvalue weighted by Crippen LogP contribution is -2.29. The molecule has 4 aromatic carbocycles. The Kier molecular flexibility index (Phi) is 23.7. The van der Waals surface area contributed by atoms with E-state index in [0.29, 0.717) is 41.7 Å². The number of nitrogens with zero attached hydrogens (tertiary/aromatic N) is 6. The third kappa shape index (κ3) is 16.5. The van der Waals surface area contributed by atoms with Crippen LogP contribution in [0.2, 0.25) is 0 Å². The largest absolute Gasteiger partial charge is 0.481 e. The van der Waals surface area contributed by atoms with E-state index in [2.05, 4.69) is 102 Å². The number of anilines is 3. The van der Waals surface area contributed by atoms with E-state index in [1.165, 1.54) is 31.9 Å². The summed E-state index contributed by atoms with van der Waals surface area (Å²) in [6.45, 7) is 19.5. The highest BCUT2D eigenvalue weighted by Gasteiger charge is 2.30. The second-order valence-electron chi connectivity index (χ2n) is 14.8. The van der Waals surface area contributed by atoms with Crippen molar-refractivity contribution in [3.8, 4) is 34.4 Å². The Balaban J connectivity index is 0.000000421. The third-order valence-electron chi connectivity index (χ3n) is 9.97. The second-order valence-corrected chi connectivity index (χ2v) is 14.8. The van der Waals surface area contributed by atoms with E-state index < -0.39 is 11.7 Å². The summed E-state index contributed by atoms with van der Waals surface area (Å²) in [4.78, 5) is 4.33. The van der Waals surface area contributed by atoms with Gasteiger partial charge in [0.05, 0.1) is 26.5 Å². The van der Waals surface area contributed by atoms with Crippen LogP contribution in [0.4, 0.5) is 39.0 Å². The molecule has 1 atom stereocenters. The van der Waals surface area contributed by atoms with Crippen molar-refractivity contribution in [2.24, 2.45) is 0 Å². The van der Waals surface area contributed by atoms with Gasteiger partial charge in [0.2, 0.25) is 29.5 Å². The number of aryl methyl sites for hydroxylation is 1. The first-order valence-corrected chi connectivity index (χ1v) is 22.4. The molecule has 2 aromatic heterocycles. The Morgan fingerprint density at radius 1 is 0.757 bits per heavy atom. The van der Waals surface area contributed by atoms with Gasteiger partial charge in [0.25, 0.3) is 0 Å². The number of ether oxygens (including phenoxy) is 1. The summed E-state index contributed by atoms with van der Waals surface area (Å²) in [6.07, 6.45) is 15.2. The van der Waals surface area contributed by atoms with E-state index in [1.807, 2.05) is 78.6 Å². The Labute approximate surface area is 408 Å². The average molecular weight is 964 g/mol. The fourth-order valence-electron chi connectivity index (χ4n) is 6.66. The molecule has 0 aliphatic carbocycles. The number of nitrogens with one attached hydrogen (secondary N) is 1. The maximum absolute atomic E-state index is 12.9. The zero-order valence-electron chi connectivity index (χ0n) is 41.0. The molecule has 0 fully saturated rings. The Bertz CT molecular complexity index is 2630. The molecule has 0 bridgehead atoms. The molecular formula is C55H62F5N7O3. The van der Waals surface area contributed by atoms with E-state index in [9.17, 15) is 22.0 Å². The quantitative estimate of drug-likeness (QED) is 0.0313. The highest BCUT2D eigenvalue weighted by Crippen LogP contribution is 2.37. The number of rotatable bonds is 17. The number of allylic oxidation sites excluding steroid dienone is 8. The van der Waals surface area contributed by atoms with Gasteiger partial charge < -0.3 is 23.4 Å². The first kappa shape index (κ1) is 56.6. The minimum Gasteiger partial charge on any atom is -0.481 e. The maximum atomic E-state index is 12.9. The van der Waals surface area contributed by atoms with Gasteiger partial charge in [0.15, 0.2) is 0 Å². The molecule has 1 N–H and O–H groups in total. The first-order chi connectivity index (χ1) is 33.7. The lowest BCUT2D eigenvalue weighted by Gasteiger charge is -2.33. The predicted octanol–water partition coefficient (Wildman–Crippen LogP) is 15.9. The van der Waals surface area contributed by atoms with Gasteiger partial charge in [-0.1, -0.05) is 56.0 Å². The highest BCUT2D eigenvalue weighted by atomic mass is 19.4. The molecule has 0 saturated carbocycles. The van der Waals surface area contributed by atoms with Crippen LogP contribution in [0, 0.1) is 12.3 Å². The standard InChI is InChI=1S/C32H23F3N6O3.C20H31N.C2H5F.CH3F/c1-19-37-38-29(43-19)22-7-15-26(16-8-22)41(25-13-5-20(6-14-25)28(36)42-2)27-17-9-23(10-18-27)31-40-39-30(44-31)21-3-11-24(12-4-21)32(33,34)35;1-7-11-12-13-14-17-20(16-9-3)21(18(5)10-4)19(6)15-8-2;1-2-3;1-2/h3-18,36H,1-2H3;7-9,11,13-15,17,19H,3,5,10,12,16H2,1-2,4,6H3;2H2,1H3;1H3/b;11-7-,14-13-,15-8+,20-17+;;. The van der Waals surface area contributed by atoms with E-state index in [-0.39, 0.29) is 24.4 Å². The summed E-state index contributed by atoms with van der Waals surface area (Å²) in [5.41, 5.74) is 6.51. The van der Waals surface area contributed by atoms with Crippen LogP contribution in [-0.2, 0) is 10.9 Å². The van der Waals surface area contributed by atoms with Crippen molar-refractivity contribution >= 4 is 23.0 Å². The van der Waals surface area contributed by atoms with Gasteiger partial charge in [-0.05, 0) is 144 Å². The molecule has 6 aromatic rings. The van der Waals surface area contributed by atoms with Crippen LogP contribution in [0.1, 0.15) is 70.9 Å². The van der Waals surface area contributed by atoms with E-state index >= 15 is 0 Å². The van der Waals surface area contributed by atoms with Gasteiger partial charge >= 0.3 is 6.18 Å². The van der Waals surface area contributed by atoms with Crippen molar-refractivity contribution in [1.29, 1.82) is 5.41 Å². The molecule has 0 saturated heterocycles. The number of methoxy groups -OCH3 is 1. The van der Waals surface area contributed by atoms with Crippen LogP contribution in [0.3, 0.4) is 0 Å². The highest BCUT2D eigenvalue weighted by molar-refractivity contribution is 5.92. The predicted molar refractivity (Wildman–Crippen MR) is 272 cm³/mol. The molecule has 1 unspecified atom stereocenters. The molecule has 0 amide bonds. The van der Waals surface area contributed by atoms with Crippen LogP contribution in [0.5, 0.6) is 0 Å². The minimum atomic E-state index is -4.43. The summed E-state index contributed by atoms with van der Waals surface area (Å²) in [5, 5.41) is 24.1. The van der Waals surface area contributed by atoms with Gasteiger partial charge in [-0.25, -0.2) is 0 Å². The number of hydrogen-bond donors (Lipinski definition) is 1. The first-order valence-electron chi connectivity index (χ1n) is 22.4. The zero-order valence-corrected chi connectivity index (χ0v) is 41.0. The monoisotopic (exact) mass is 963 g/mol. The van der Waals surface area contributed by atoms with Gasteiger partial charge in [0, 0.05) is 70.1 Å². The maximum Gasteiger partial charge on any atom is 0.416 e. The molecule has 370 valence electrons. The van der Waals surface area contributed by atoms with Crippen LogP contribution in [0.25, 0.3) is 34.4 Å². The Hall–Kier alpha value is -7.68. The summed E-state index contributed by atoms with van der Waals surface area (Å²) in [7, 11) is 1.95. The normalized spacial score (nSPS) is 11.8. The smallest absolute Gasteiger partial charge is 0.416 e. The summed E-state index contributed by atoms with van der Waals surface area (Å²) < 4.78 is 75.0. The van der Waals surface area contributed by atoms with Gasteiger partial charge in [-0.15, -0.1) is 27.0 Å². The molecule has 6 rings (SSSR count). The van der Waals surface area contributed by atoms with E-state index in [0.717, 1.165) is 59.7 Å². The van der Waals surface area contributed by atoms with Crippen molar-refractivity contribution in [2.45, 2.75) is 73.0 Å². The topological polar surface area (TPSA) is 117 Å². The molecule has 0 aliphatic heterocycles. The van der Waals surface area contributed by atoms with E-state index in [1.54, 1.807) is 19.1 Å². The zero-order chi connectivity index (χ0) is 51.6. The van der Waals surface area contributed by atoms with Crippen molar-refractivity contribution < 1.29 is 35.5 Å². The fraction of sp³-hybridized carbons (Fsp3) is 0.255. The van der Waals surface area contributed by atoms with Crippen LogP contribution >= 0.6 is 0 Å². The van der Waals surface area contributed by atoms with Gasteiger partial charge in [-0.2, -0.15) is 13.2 Å². The number of alkyl halides is 5. The van der Waals surface area contributed by atoms with Crippen LogP contribution < -0.4 is 4.90 Å². The van der Waals surface area contributed by atoms with E-state index in [4.69, 9.17) is 19.0 Å². The fourth-order valence-corrected chi connectivity index (χ4v) is 6.66. The SMILES string of the molecule is C=CC/C(=C\C=C/C/C=C\C)N(C(=C)CC)C(C)/C=C/C.CCF.CF.COC(=N)c1ccc(N(c2ccc(-c3nnc(C)o3)cc2)c2ccc(-c3nnc(-c4ccc(C(F)(F)F)cc4)o3)cc2)cc1. The van der Waals surface area contributed by atoms with Crippen molar-refractivity contribution in [2.75, 3.05) is 25.9 Å². The second kappa shape index (κ2) is 29.3. The summed E-state index contributed by atoms with van der Waals surface area (Å²) in [6, 6.07) is 27.3. The van der Waals surface area contributed by atoms with Crippen LogP contribution in [0.15, 0.2) is 179 Å². The van der Waals surface area contributed by atoms with Crippen molar-refractivity contribution in [3.05, 3.63) is 187 Å². The molecule has 10 nitrogen and oxygen atoms in total. The number of hydrogen-bond acceptors (Lipinski definition) is 10. The molecule has 0 radical (unpaired) electrons. The Morgan fingerprint density at radius 2 is 1.23 bits per heavy atom. The van der Waals surface area contributed by atoms with Crippen molar-refractivity contribution in [3.63, 3.8) is 0 Å². The number of halogens is 5.